The third-order valence-corrected chi connectivity index (χ3v) is 4.37. The van der Waals surface area contributed by atoms with Gasteiger partial charge in [0.1, 0.15) is 0 Å². The molecule has 5 nitrogen and oxygen atoms in total. The Bertz CT molecular complexity index is 799. The van der Waals surface area contributed by atoms with Gasteiger partial charge in [0.05, 0.1) is 18.0 Å². The van der Waals surface area contributed by atoms with Crippen molar-refractivity contribution in [1.82, 2.24) is 19.7 Å². The van der Waals surface area contributed by atoms with Crippen molar-refractivity contribution in [3.05, 3.63) is 77.4 Å². The molecule has 3 aromatic rings. The molecule has 0 unspecified atom stereocenters. The summed E-state index contributed by atoms with van der Waals surface area (Å²) in [6.45, 7) is 6.39. The number of aromatic nitrogens is 3. The molecule has 3 rings (SSSR count). The molecule has 2 heterocycles. The fourth-order valence-electron chi connectivity index (χ4n) is 3.05. The molecule has 0 saturated carbocycles. The summed E-state index contributed by atoms with van der Waals surface area (Å²) < 4.78 is 1.99. The second kappa shape index (κ2) is 8.05. The molecular formula is C20H24N4O. The summed E-state index contributed by atoms with van der Waals surface area (Å²) in [6.07, 6.45) is 3.65. The average molecular weight is 336 g/mol. The molecule has 0 saturated heterocycles. The molecule has 0 bridgehead atoms. The number of benzene rings is 1. The Morgan fingerprint density at radius 1 is 1.04 bits per heavy atom. The summed E-state index contributed by atoms with van der Waals surface area (Å²) in [5.74, 6) is 0. The largest absolute Gasteiger partial charge is 0.395 e. The zero-order chi connectivity index (χ0) is 17.6. The van der Waals surface area contributed by atoms with Crippen LogP contribution in [0.5, 0.6) is 0 Å². The minimum atomic E-state index is 0.130. The second-order valence-corrected chi connectivity index (χ2v) is 6.19. The Hall–Kier alpha value is -2.50. The molecule has 2 aromatic heterocycles. The summed E-state index contributed by atoms with van der Waals surface area (Å²) in [6, 6.07) is 14.2. The SMILES string of the molecule is Cc1nn(-c2ccccc2)c(C)c1CN(CCO)Cc1cccnc1. The van der Waals surface area contributed by atoms with E-state index in [-0.39, 0.29) is 6.61 Å². The fourth-order valence-corrected chi connectivity index (χ4v) is 3.05. The highest BCUT2D eigenvalue weighted by Gasteiger charge is 2.16. The first-order valence-corrected chi connectivity index (χ1v) is 8.51. The predicted molar refractivity (Wildman–Crippen MR) is 98.5 cm³/mol. The van der Waals surface area contributed by atoms with Gasteiger partial charge < -0.3 is 5.11 Å². The minimum absolute atomic E-state index is 0.130. The van der Waals surface area contributed by atoms with Gasteiger partial charge in [0.15, 0.2) is 0 Å². The summed E-state index contributed by atoms with van der Waals surface area (Å²) in [7, 11) is 0. The van der Waals surface area contributed by atoms with Gasteiger partial charge >= 0.3 is 0 Å². The summed E-state index contributed by atoms with van der Waals surface area (Å²) in [5, 5.41) is 14.2. The lowest BCUT2D eigenvalue weighted by Crippen LogP contribution is -2.26. The van der Waals surface area contributed by atoms with Crippen LogP contribution in [0.3, 0.4) is 0 Å². The van der Waals surface area contributed by atoms with Crippen LogP contribution in [0.2, 0.25) is 0 Å². The molecule has 0 fully saturated rings. The quantitative estimate of drug-likeness (QED) is 0.721. The van der Waals surface area contributed by atoms with Crippen molar-refractivity contribution < 1.29 is 5.11 Å². The number of hydrogen-bond acceptors (Lipinski definition) is 4. The zero-order valence-corrected chi connectivity index (χ0v) is 14.8. The van der Waals surface area contributed by atoms with Gasteiger partial charge in [-0.2, -0.15) is 5.10 Å². The Balaban J connectivity index is 1.84. The van der Waals surface area contributed by atoms with Crippen LogP contribution >= 0.6 is 0 Å². The van der Waals surface area contributed by atoms with E-state index in [0.717, 1.165) is 35.7 Å². The van der Waals surface area contributed by atoms with E-state index in [1.165, 1.54) is 5.56 Å². The maximum atomic E-state index is 9.44. The van der Waals surface area contributed by atoms with E-state index in [9.17, 15) is 5.11 Å². The lowest BCUT2D eigenvalue weighted by Gasteiger charge is -2.21. The standard InChI is InChI=1S/C20H24N4O/c1-16-20(17(2)24(22-16)19-8-4-3-5-9-19)15-23(11-12-25)14-18-7-6-10-21-13-18/h3-10,13,25H,11-12,14-15H2,1-2H3. The van der Waals surface area contributed by atoms with Crippen LogP contribution in [0.25, 0.3) is 5.69 Å². The number of aliphatic hydroxyl groups excluding tert-OH is 1. The Morgan fingerprint density at radius 2 is 1.84 bits per heavy atom. The number of para-hydroxylation sites is 1. The smallest absolute Gasteiger partial charge is 0.0648 e. The number of aryl methyl sites for hydroxylation is 1. The molecule has 130 valence electrons. The Labute approximate surface area is 148 Å². The molecular weight excluding hydrogens is 312 g/mol. The van der Waals surface area contributed by atoms with Crippen LogP contribution in [0.1, 0.15) is 22.5 Å². The normalized spacial score (nSPS) is 11.2. The maximum absolute atomic E-state index is 9.44. The van der Waals surface area contributed by atoms with Gasteiger partial charge in [0.25, 0.3) is 0 Å². The van der Waals surface area contributed by atoms with E-state index in [1.54, 1.807) is 6.20 Å². The third-order valence-electron chi connectivity index (χ3n) is 4.37. The van der Waals surface area contributed by atoms with E-state index in [1.807, 2.05) is 42.1 Å². The van der Waals surface area contributed by atoms with E-state index in [2.05, 4.69) is 35.0 Å². The number of nitrogens with zero attached hydrogens (tertiary/aromatic N) is 4. The highest BCUT2D eigenvalue weighted by atomic mass is 16.3. The molecule has 0 aliphatic carbocycles. The van der Waals surface area contributed by atoms with Crippen molar-refractivity contribution >= 4 is 0 Å². The molecule has 1 N–H and O–H groups in total. The molecule has 0 amide bonds. The number of rotatable bonds is 7. The summed E-state index contributed by atoms with van der Waals surface area (Å²) in [4.78, 5) is 6.40. The highest BCUT2D eigenvalue weighted by molar-refractivity contribution is 5.36. The van der Waals surface area contributed by atoms with E-state index in [4.69, 9.17) is 5.10 Å². The Kier molecular flexibility index (Phi) is 5.58. The lowest BCUT2D eigenvalue weighted by molar-refractivity contribution is 0.183. The molecule has 0 aliphatic heterocycles. The van der Waals surface area contributed by atoms with Gasteiger partial charge in [0.2, 0.25) is 0 Å². The van der Waals surface area contributed by atoms with Gasteiger partial charge in [0, 0.05) is 43.3 Å². The molecule has 0 spiro atoms. The van der Waals surface area contributed by atoms with Crippen LogP contribution in [0.4, 0.5) is 0 Å². The van der Waals surface area contributed by atoms with Gasteiger partial charge in [-0.3, -0.25) is 9.88 Å². The van der Waals surface area contributed by atoms with Crippen molar-refractivity contribution in [2.45, 2.75) is 26.9 Å². The van der Waals surface area contributed by atoms with E-state index >= 15 is 0 Å². The summed E-state index contributed by atoms with van der Waals surface area (Å²) >= 11 is 0. The third kappa shape index (κ3) is 4.13. The second-order valence-electron chi connectivity index (χ2n) is 6.19. The van der Waals surface area contributed by atoms with Gasteiger partial charge in [-0.25, -0.2) is 4.68 Å². The first kappa shape index (κ1) is 17.3. The van der Waals surface area contributed by atoms with Gasteiger partial charge in [-0.15, -0.1) is 0 Å². The van der Waals surface area contributed by atoms with E-state index in [0.29, 0.717) is 6.54 Å². The maximum Gasteiger partial charge on any atom is 0.0648 e. The van der Waals surface area contributed by atoms with Crippen molar-refractivity contribution in [3.8, 4) is 5.69 Å². The monoisotopic (exact) mass is 336 g/mol. The van der Waals surface area contributed by atoms with Crippen LogP contribution in [-0.4, -0.2) is 37.9 Å². The molecule has 0 radical (unpaired) electrons. The molecule has 0 atom stereocenters. The predicted octanol–water partition coefficient (Wildman–Crippen LogP) is 2.88. The number of aliphatic hydroxyl groups is 1. The van der Waals surface area contributed by atoms with Gasteiger partial charge in [-0.1, -0.05) is 24.3 Å². The van der Waals surface area contributed by atoms with Crippen LogP contribution < -0.4 is 0 Å². The average Bonchev–Trinajstić information content (AvgIpc) is 2.92. The van der Waals surface area contributed by atoms with Gasteiger partial charge in [-0.05, 0) is 37.6 Å². The zero-order valence-electron chi connectivity index (χ0n) is 14.8. The topological polar surface area (TPSA) is 54.2 Å². The molecule has 0 aliphatic rings. The highest BCUT2D eigenvalue weighted by Crippen LogP contribution is 2.20. The van der Waals surface area contributed by atoms with Crippen LogP contribution in [0, 0.1) is 13.8 Å². The first-order valence-electron chi connectivity index (χ1n) is 8.51. The number of hydrogen-bond donors (Lipinski definition) is 1. The van der Waals surface area contributed by atoms with Crippen LogP contribution in [-0.2, 0) is 13.1 Å². The van der Waals surface area contributed by atoms with Crippen molar-refractivity contribution in [3.63, 3.8) is 0 Å². The van der Waals surface area contributed by atoms with Crippen molar-refractivity contribution in [2.24, 2.45) is 0 Å². The van der Waals surface area contributed by atoms with Crippen molar-refractivity contribution in [1.29, 1.82) is 0 Å². The molecule has 25 heavy (non-hydrogen) atoms. The Morgan fingerprint density at radius 3 is 2.52 bits per heavy atom. The minimum Gasteiger partial charge on any atom is -0.395 e. The van der Waals surface area contributed by atoms with Crippen molar-refractivity contribution in [2.75, 3.05) is 13.2 Å². The number of pyridine rings is 1. The lowest BCUT2D eigenvalue weighted by atomic mass is 10.1. The summed E-state index contributed by atoms with van der Waals surface area (Å²) in [5.41, 5.74) is 5.58. The molecule has 5 heteroatoms. The fraction of sp³-hybridized carbons (Fsp3) is 0.300. The van der Waals surface area contributed by atoms with E-state index < -0.39 is 0 Å². The van der Waals surface area contributed by atoms with Crippen LogP contribution in [0.15, 0.2) is 54.9 Å². The first-order chi connectivity index (χ1) is 12.2. The molecule has 1 aromatic carbocycles.